The lowest BCUT2D eigenvalue weighted by Crippen LogP contribution is -2.04. The van der Waals surface area contributed by atoms with Gasteiger partial charge in [-0.25, -0.2) is 0 Å². The van der Waals surface area contributed by atoms with Crippen molar-refractivity contribution in [3.8, 4) is 6.07 Å². The molecule has 62 valence electrons. The topological polar surface area (TPSA) is 49.8 Å². The molecule has 0 aliphatic carbocycles. The van der Waals surface area contributed by atoms with Crippen molar-refractivity contribution in [1.29, 1.82) is 5.26 Å². The summed E-state index contributed by atoms with van der Waals surface area (Å²) >= 11 is 3.28. The average molecular weight is 225 g/mol. The molecule has 1 rings (SSSR count). The number of benzene rings is 1. The molecule has 0 spiro atoms. The standard InChI is InChI=1S/C9H9BrN2/c1-6(12)7-2-3-9(10)8(4-7)5-11/h2-4,6H,12H2,1H3/t6-/m1/s1. The second kappa shape index (κ2) is 3.70. The van der Waals surface area contributed by atoms with Crippen LogP contribution in [0.4, 0.5) is 0 Å². The molecular formula is C9H9BrN2. The Labute approximate surface area is 80.1 Å². The average Bonchev–Trinajstić information content (AvgIpc) is 2.05. The summed E-state index contributed by atoms with van der Waals surface area (Å²) in [6, 6.07) is 7.62. The molecule has 2 N–H and O–H groups in total. The van der Waals surface area contributed by atoms with Crippen LogP contribution in [0.3, 0.4) is 0 Å². The Morgan fingerprint density at radius 3 is 2.75 bits per heavy atom. The third kappa shape index (κ3) is 1.84. The first-order chi connectivity index (χ1) is 5.65. The summed E-state index contributed by atoms with van der Waals surface area (Å²) in [5.74, 6) is 0. The van der Waals surface area contributed by atoms with E-state index >= 15 is 0 Å². The van der Waals surface area contributed by atoms with Crippen molar-refractivity contribution < 1.29 is 0 Å². The number of nitrogens with two attached hydrogens (primary N) is 1. The quantitative estimate of drug-likeness (QED) is 0.797. The Hall–Kier alpha value is -0.850. The maximum Gasteiger partial charge on any atom is 0.100 e. The minimum absolute atomic E-state index is 0.0230. The predicted molar refractivity (Wildman–Crippen MR) is 51.5 cm³/mol. The van der Waals surface area contributed by atoms with E-state index in [1.54, 1.807) is 6.07 Å². The SMILES string of the molecule is C[C@@H](N)c1ccc(Br)c(C#N)c1. The second-order valence-corrected chi connectivity index (χ2v) is 3.49. The lowest BCUT2D eigenvalue weighted by atomic mass is 10.1. The molecular weight excluding hydrogens is 216 g/mol. The molecule has 0 bridgehead atoms. The number of nitriles is 1. The molecule has 0 saturated carbocycles. The zero-order valence-electron chi connectivity index (χ0n) is 6.71. The molecule has 0 heterocycles. The smallest absolute Gasteiger partial charge is 0.100 e. The molecule has 0 unspecified atom stereocenters. The van der Waals surface area contributed by atoms with Gasteiger partial charge in [-0.15, -0.1) is 0 Å². The van der Waals surface area contributed by atoms with Gasteiger partial charge >= 0.3 is 0 Å². The van der Waals surface area contributed by atoms with Crippen LogP contribution in [0, 0.1) is 11.3 Å². The van der Waals surface area contributed by atoms with Crippen molar-refractivity contribution in [2.24, 2.45) is 5.73 Å². The lowest BCUT2D eigenvalue weighted by Gasteiger charge is -2.05. The minimum atomic E-state index is -0.0230. The summed E-state index contributed by atoms with van der Waals surface area (Å²) < 4.78 is 0.814. The van der Waals surface area contributed by atoms with Crippen LogP contribution in [0.25, 0.3) is 0 Å². The Bertz CT molecular complexity index is 326. The van der Waals surface area contributed by atoms with E-state index in [2.05, 4.69) is 22.0 Å². The first-order valence-corrected chi connectivity index (χ1v) is 4.39. The zero-order valence-corrected chi connectivity index (χ0v) is 8.30. The van der Waals surface area contributed by atoms with Crippen molar-refractivity contribution in [2.75, 3.05) is 0 Å². The Morgan fingerprint density at radius 2 is 2.25 bits per heavy atom. The number of halogens is 1. The summed E-state index contributed by atoms with van der Waals surface area (Å²) in [4.78, 5) is 0. The van der Waals surface area contributed by atoms with Gasteiger partial charge in [0, 0.05) is 10.5 Å². The van der Waals surface area contributed by atoms with E-state index in [0.29, 0.717) is 5.56 Å². The Balaban J connectivity index is 3.16. The molecule has 3 heteroatoms. The predicted octanol–water partition coefficient (Wildman–Crippen LogP) is 2.34. The van der Waals surface area contributed by atoms with Crippen molar-refractivity contribution in [3.63, 3.8) is 0 Å². The van der Waals surface area contributed by atoms with Gasteiger partial charge in [0.1, 0.15) is 6.07 Å². The maximum absolute atomic E-state index is 8.70. The third-order valence-corrected chi connectivity index (χ3v) is 2.33. The third-order valence-electron chi connectivity index (χ3n) is 1.64. The second-order valence-electron chi connectivity index (χ2n) is 2.64. The molecule has 2 nitrogen and oxygen atoms in total. The van der Waals surface area contributed by atoms with Gasteiger partial charge in [0.15, 0.2) is 0 Å². The van der Waals surface area contributed by atoms with E-state index in [9.17, 15) is 0 Å². The molecule has 0 radical (unpaired) electrons. The van der Waals surface area contributed by atoms with Crippen molar-refractivity contribution in [2.45, 2.75) is 13.0 Å². The van der Waals surface area contributed by atoms with Crippen LogP contribution in [0.2, 0.25) is 0 Å². The Kier molecular flexibility index (Phi) is 2.85. The van der Waals surface area contributed by atoms with Gasteiger partial charge in [-0.3, -0.25) is 0 Å². The highest BCUT2D eigenvalue weighted by molar-refractivity contribution is 9.10. The minimum Gasteiger partial charge on any atom is -0.324 e. The normalized spacial score (nSPS) is 12.2. The van der Waals surface area contributed by atoms with Gasteiger partial charge in [-0.2, -0.15) is 5.26 Å². The van der Waals surface area contributed by atoms with E-state index < -0.39 is 0 Å². The molecule has 0 saturated heterocycles. The van der Waals surface area contributed by atoms with E-state index in [1.165, 1.54) is 0 Å². The van der Waals surface area contributed by atoms with Crippen LogP contribution in [-0.2, 0) is 0 Å². The Morgan fingerprint density at radius 1 is 1.58 bits per heavy atom. The lowest BCUT2D eigenvalue weighted by molar-refractivity contribution is 0.817. The number of nitrogens with zero attached hydrogens (tertiary/aromatic N) is 1. The van der Waals surface area contributed by atoms with Crippen molar-refractivity contribution >= 4 is 15.9 Å². The molecule has 1 aromatic carbocycles. The first kappa shape index (κ1) is 9.24. The summed E-state index contributed by atoms with van der Waals surface area (Å²) in [5, 5.41) is 8.70. The van der Waals surface area contributed by atoms with Crippen LogP contribution < -0.4 is 5.73 Å². The molecule has 0 amide bonds. The van der Waals surface area contributed by atoms with Crippen LogP contribution >= 0.6 is 15.9 Å². The van der Waals surface area contributed by atoms with Crippen LogP contribution in [0.1, 0.15) is 24.1 Å². The van der Waals surface area contributed by atoms with Crippen molar-refractivity contribution in [3.05, 3.63) is 33.8 Å². The molecule has 0 aliphatic heterocycles. The number of rotatable bonds is 1. The van der Waals surface area contributed by atoms with Crippen LogP contribution in [0.15, 0.2) is 22.7 Å². The maximum atomic E-state index is 8.70. The first-order valence-electron chi connectivity index (χ1n) is 3.60. The van der Waals surface area contributed by atoms with E-state index in [1.807, 2.05) is 19.1 Å². The van der Waals surface area contributed by atoms with E-state index in [4.69, 9.17) is 11.0 Å². The van der Waals surface area contributed by atoms with Gasteiger partial charge in [0.05, 0.1) is 5.56 Å². The fraction of sp³-hybridized carbons (Fsp3) is 0.222. The van der Waals surface area contributed by atoms with Gasteiger partial charge < -0.3 is 5.73 Å². The highest BCUT2D eigenvalue weighted by atomic mass is 79.9. The zero-order chi connectivity index (χ0) is 9.14. The fourth-order valence-electron chi connectivity index (χ4n) is 0.912. The number of hydrogen-bond acceptors (Lipinski definition) is 2. The van der Waals surface area contributed by atoms with Crippen LogP contribution in [-0.4, -0.2) is 0 Å². The van der Waals surface area contributed by atoms with Crippen LogP contribution in [0.5, 0.6) is 0 Å². The highest BCUT2D eigenvalue weighted by Gasteiger charge is 2.03. The van der Waals surface area contributed by atoms with Gasteiger partial charge in [-0.05, 0) is 40.5 Å². The summed E-state index contributed by atoms with van der Waals surface area (Å²) in [6.07, 6.45) is 0. The van der Waals surface area contributed by atoms with Gasteiger partial charge in [0.25, 0.3) is 0 Å². The van der Waals surface area contributed by atoms with Gasteiger partial charge in [-0.1, -0.05) is 6.07 Å². The molecule has 0 aliphatic rings. The van der Waals surface area contributed by atoms with Gasteiger partial charge in [0.2, 0.25) is 0 Å². The fourth-order valence-corrected chi connectivity index (χ4v) is 1.25. The highest BCUT2D eigenvalue weighted by Crippen LogP contribution is 2.19. The summed E-state index contributed by atoms with van der Waals surface area (Å²) in [6.45, 7) is 1.89. The molecule has 0 fully saturated rings. The molecule has 1 atom stereocenters. The summed E-state index contributed by atoms with van der Waals surface area (Å²) in [7, 11) is 0. The largest absolute Gasteiger partial charge is 0.324 e. The van der Waals surface area contributed by atoms with E-state index in [0.717, 1.165) is 10.0 Å². The monoisotopic (exact) mass is 224 g/mol. The molecule has 1 aromatic rings. The van der Waals surface area contributed by atoms with Crippen molar-refractivity contribution in [1.82, 2.24) is 0 Å². The summed E-state index contributed by atoms with van der Waals surface area (Å²) in [5.41, 5.74) is 7.27. The molecule has 0 aromatic heterocycles. The van der Waals surface area contributed by atoms with E-state index in [-0.39, 0.29) is 6.04 Å². The number of hydrogen-bond donors (Lipinski definition) is 1. The molecule has 12 heavy (non-hydrogen) atoms.